The summed E-state index contributed by atoms with van der Waals surface area (Å²) in [5.41, 5.74) is 1.89. The molecule has 1 nitrogen and oxygen atoms in total. The molecule has 0 amide bonds. The Morgan fingerprint density at radius 2 is 1.95 bits per heavy atom. The van der Waals surface area contributed by atoms with Gasteiger partial charge in [0.1, 0.15) is 5.82 Å². The summed E-state index contributed by atoms with van der Waals surface area (Å²) in [6, 6.07) is 14.8. The number of hydrogen-bond acceptors (Lipinski definition) is 1. The summed E-state index contributed by atoms with van der Waals surface area (Å²) < 4.78 is 14.0. The third-order valence-electron chi connectivity index (χ3n) is 3.36. The molecule has 0 aliphatic rings. The number of benzene rings is 2. The van der Waals surface area contributed by atoms with E-state index >= 15 is 0 Å². The molecule has 0 radical (unpaired) electrons. The van der Waals surface area contributed by atoms with Gasteiger partial charge in [0.15, 0.2) is 0 Å². The fourth-order valence-electron chi connectivity index (χ4n) is 2.37. The quantitative estimate of drug-likeness (QED) is 0.831. The lowest BCUT2D eigenvalue weighted by atomic mass is 9.91. The first-order chi connectivity index (χ1) is 9.70. The third-order valence-corrected chi connectivity index (χ3v) is 3.59. The Kier molecular flexibility index (Phi) is 5.57. The van der Waals surface area contributed by atoms with E-state index in [9.17, 15) is 4.39 Å². The highest BCUT2D eigenvalue weighted by Crippen LogP contribution is 2.24. The topological polar surface area (TPSA) is 12.0 Å². The normalized spacial score (nSPS) is 12.3. The van der Waals surface area contributed by atoms with Gasteiger partial charge in [0.05, 0.1) is 0 Å². The summed E-state index contributed by atoms with van der Waals surface area (Å²) in [5, 5.41) is 4.03. The van der Waals surface area contributed by atoms with Gasteiger partial charge in [-0.1, -0.05) is 48.9 Å². The van der Waals surface area contributed by atoms with Crippen molar-refractivity contribution in [1.29, 1.82) is 0 Å². The van der Waals surface area contributed by atoms with Crippen molar-refractivity contribution < 1.29 is 4.39 Å². The number of likely N-dealkylation sites (N-methyl/N-ethyl adjacent to an activating group) is 1. The average Bonchev–Trinajstić information content (AvgIpc) is 2.44. The van der Waals surface area contributed by atoms with Gasteiger partial charge in [-0.15, -0.1) is 0 Å². The Balaban J connectivity index is 2.22. The Morgan fingerprint density at radius 3 is 2.65 bits per heavy atom. The molecule has 0 aliphatic carbocycles. The van der Waals surface area contributed by atoms with E-state index in [0.29, 0.717) is 0 Å². The molecule has 20 heavy (non-hydrogen) atoms. The minimum absolute atomic E-state index is 0.106. The van der Waals surface area contributed by atoms with Gasteiger partial charge in [-0.05, 0) is 42.3 Å². The molecule has 0 fully saturated rings. The van der Waals surface area contributed by atoms with E-state index in [-0.39, 0.29) is 11.7 Å². The summed E-state index contributed by atoms with van der Waals surface area (Å²) in [6.45, 7) is 3.68. The molecule has 0 bridgehead atoms. The molecule has 0 heterocycles. The minimum atomic E-state index is -0.141. The van der Waals surface area contributed by atoms with Gasteiger partial charge in [0.25, 0.3) is 0 Å². The van der Waals surface area contributed by atoms with E-state index in [1.54, 1.807) is 6.07 Å². The lowest BCUT2D eigenvalue weighted by Gasteiger charge is -2.18. The molecule has 1 N–H and O–H groups in total. The Bertz CT molecular complexity index is 556. The zero-order chi connectivity index (χ0) is 14.4. The molecule has 2 aromatic rings. The van der Waals surface area contributed by atoms with E-state index in [1.807, 2.05) is 36.4 Å². The zero-order valence-electron chi connectivity index (χ0n) is 11.6. The fraction of sp³-hybridized carbons (Fsp3) is 0.294. The maximum atomic E-state index is 14.0. The van der Waals surface area contributed by atoms with E-state index in [4.69, 9.17) is 11.6 Å². The van der Waals surface area contributed by atoms with E-state index in [1.165, 1.54) is 6.07 Å². The van der Waals surface area contributed by atoms with Crippen LogP contribution in [0.5, 0.6) is 0 Å². The average molecular weight is 292 g/mol. The minimum Gasteiger partial charge on any atom is -0.316 e. The SMILES string of the molecule is CCNCC(Cc1cccc(Cl)c1)c1ccccc1F. The monoisotopic (exact) mass is 291 g/mol. The van der Waals surface area contributed by atoms with Gasteiger partial charge in [-0.3, -0.25) is 0 Å². The molecule has 2 aromatic carbocycles. The summed E-state index contributed by atoms with van der Waals surface area (Å²) in [7, 11) is 0. The van der Waals surface area contributed by atoms with Crippen molar-refractivity contribution in [2.24, 2.45) is 0 Å². The maximum Gasteiger partial charge on any atom is 0.126 e. The van der Waals surface area contributed by atoms with Crippen LogP contribution in [0.3, 0.4) is 0 Å². The van der Waals surface area contributed by atoms with Gasteiger partial charge in [-0.25, -0.2) is 4.39 Å². The Morgan fingerprint density at radius 1 is 1.15 bits per heavy atom. The smallest absolute Gasteiger partial charge is 0.126 e. The Labute approximate surface area is 124 Å². The van der Waals surface area contributed by atoms with Crippen LogP contribution in [-0.4, -0.2) is 13.1 Å². The van der Waals surface area contributed by atoms with Gasteiger partial charge >= 0.3 is 0 Å². The van der Waals surface area contributed by atoms with Crippen molar-refractivity contribution in [3.63, 3.8) is 0 Å². The third kappa shape index (κ3) is 4.06. The molecular weight excluding hydrogens is 273 g/mol. The summed E-state index contributed by atoms with van der Waals surface area (Å²) >= 11 is 6.02. The second-order valence-electron chi connectivity index (χ2n) is 4.86. The molecule has 0 saturated carbocycles. The number of nitrogens with one attached hydrogen (secondary N) is 1. The number of halogens is 2. The van der Waals surface area contributed by atoms with E-state index in [0.717, 1.165) is 35.7 Å². The highest BCUT2D eigenvalue weighted by molar-refractivity contribution is 6.30. The molecule has 0 aliphatic heterocycles. The lowest BCUT2D eigenvalue weighted by Crippen LogP contribution is -2.23. The van der Waals surface area contributed by atoms with E-state index < -0.39 is 0 Å². The molecule has 0 aromatic heterocycles. The maximum absolute atomic E-state index is 14.0. The van der Waals surface area contributed by atoms with Crippen molar-refractivity contribution in [2.75, 3.05) is 13.1 Å². The van der Waals surface area contributed by atoms with Crippen LogP contribution in [0.4, 0.5) is 4.39 Å². The standard InChI is InChI=1S/C17H19ClFN/c1-2-20-12-14(16-8-3-4-9-17(16)19)10-13-6-5-7-15(18)11-13/h3-9,11,14,20H,2,10,12H2,1H3. The summed E-state index contributed by atoms with van der Waals surface area (Å²) in [5.74, 6) is -0.0351. The van der Waals surface area contributed by atoms with Crippen molar-refractivity contribution in [3.8, 4) is 0 Å². The zero-order valence-corrected chi connectivity index (χ0v) is 12.3. The van der Waals surface area contributed by atoms with Gasteiger partial charge in [-0.2, -0.15) is 0 Å². The first-order valence-electron chi connectivity index (χ1n) is 6.90. The predicted molar refractivity (Wildman–Crippen MR) is 82.8 cm³/mol. The summed E-state index contributed by atoms with van der Waals surface area (Å²) in [6.07, 6.45) is 0.772. The van der Waals surface area contributed by atoms with Crippen LogP contribution >= 0.6 is 11.6 Å². The van der Waals surface area contributed by atoms with Gasteiger partial charge in [0.2, 0.25) is 0 Å². The Hall–Kier alpha value is -1.38. The first kappa shape index (κ1) is 15.0. The lowest BCUT2D eigenvalue weighted by molar-refractivity contribution is 0.544. The second-order valence-corrected chi connectivity index (χ2v) is 5.30. The molecule has 1 unspecified atom stereocenters. The molecule has 2 rings (SSSR count). The first-order valence-corrected chi connectivity index (χ1v) is 7.28. The van der Waals surface area contributed by atoms with Crippen molar-refractivity contribution in [1.82, 2.24) is 5.32 Å². The predicted octanol–water partition coefficient (Wildman–Crippen LogP) is 4.41. The van der Waals surface area contributed by atoms with Crippen LogP contribution < -0.4 is 5.32 Å². The molecule has 0 spiro atoms. The van der Waals surface area contributed by atoms with Crippen LogP contribution in [0.1, 0.15) is 24.0 Å². The summed E-state index contributed by atoms with van der Waals surface area (Å²) in [4.78, 5) is 0. The molecule has 1 atom stereocenters. The second kappa shape index (κ2) is 7.41. The van der Waals surface area contributed by atoms with Crippen molar-refractivity contribution >= 4 is 11.6 Å². The molecule has 106 valence electrons. The van der Waals surface area contributed by atoms with Crippen LogP contribution in [0, 0.1) is 5.82 Å². The number of rotatable bonds is 6. The van der Waals surface area contributed by atoms with Crippen molar-refractivity contribution in [3.05, 3.63) is 70.5 Å². The van der Waals surface area contributed by atoms with Crippen molar-refractivity contribution in [2.45, 2.75) is 19.3 Å². The molecule has 0 saturated heterocycles. The van der Waals surface area contributed by atoms with Crippen LogP contribution in [0.2, 0.25) is 5.02 Å². The van der Waals surface area contributed by atoms with E-state index in [2.05, 4.69) is 12.2 Å². The van der Waals surface area contributed by atoms with Gasteiger partial charge in [0, 0.05) is 17.5 Å². The molecule has 3 heteroatoms. The van der Waals surface area contributed by atoms with Crippen LogP contribution in [0.25, 0.3) is 0 Å². The van der Waals surface area contributed by atoms with Gasteiger partial charge < -0.3 is 5.32 Å². The van der Waals surface area contributed by atoms with Crippen LogP contribution in [0.15, 0.2) is 48.5 Å². The fourth-order valence-corrected chi connectivity index (χ4v) is 2.58. The number of hydrogen-bond donors (Lipinski definition) is 1. The largest absolute Gasteiger partial charge is 0.316 e. The highest BCUT2D eigenvalue weighted by atomic mass is 35.5. The molecular formula is C17H19ClFN. The van der Waals surface area contributed by atoms with Crippen LogP contribution in [-0.2, 0) is 6.42 Å². The highest BCUT2D eigenvalue weighted by Gasteiger charge is 2.15.